The molecule has 1 fully saturated rings. The SMILES string of the molecule is CCc1ccc(NC(=O)N2CCN(c3nc(-c4ccccc4)nc(C)c3C(C)C)CC2)cc1. The zero-order valence-corrected chi connectivity index (χ0v) is 20.0. The van der Waals surface area contributed by atoms with E-state index < -0.39 is 0 Å². The van der Waals surface area contributed by atoms with Gasteiger partial charge in [-0.25, -0.2) is 14.8 Å². The molecule has 172 valence electrons. The van der Waals surface area contributed by atoms with Crippen molar-refractivity contribution in [3.05, 3.63) is 71.4 Å². The van der Waals surface area contributed by atoms with Crippen molar-refractivity contribution >= 4 is 17.5 Å². The molecule has 1 saturated heterocycles. The van der Waals surface area contributed by atoms with Crippen LogP contribution < -0.4 is 10.2 Å². The molecule has 2 aromatic carbocycles. The van der Waals surface area contributed by atoms with E-state index in [0.717, 1.165) is 48.1 Å². The molecule has 1 N–H and O–H groups in total. The van der Waals surface area contributed by atoms with Gasteiger partial charge in [0.15, 0.2) is 5.82 Å². The molecule has 0 bridgehead atoms. The predicted molar refractivity (Wildman–Crippen MR) is 135 cm³/mol. The van der Waals surface area contributed by atoms with Crippen LogP contribution in [-0.4, -0.2) is 47.1 Å². The number of rotatable bonds is 5. The lowest BCUT2D eigenvalue weighted by atomic mass is 10.0. The summed E-state index contributed by atoms with van der Waals surface area (Å²) in [6.45, 7) is 11.4. The van der Waals surface area contributed by atoms with Crippen LogP contribution in [0.5, 0.6) is 0 Å². The molecule has 1 aromatic heterocycles. The topological polar surface area (TPSA) is 61.4 Å². The van der Waals surface area contributed by atoms with Crippen molar-refractivity contribution in [2.24, 2.45) is 0 Å². The number of anilines is 2. The van der Waals surface area contributed by atoms with Gasteiger partial charge in [0.1, 0.15) is 5.82 Å². The first-order chi connectivity index (χ1) is 16.0. The highest BCUT2D eigenvalue weighted by Crippen LogP contribution is 2.31. The summed E-state index contributed by atoms with van der Waals surface area (Å²) in [6.07, 6.45) is 0.989. The Labute approximate surface area is 196 Å². The van der Waals surface area contributed by atoms with E-state index in [4.69, 9.17) is 9.97 Å². The fraction of sp³-hybridized carbons (Fsp3) is 0.370. The normalized spacial score (nSPS) is 14.0. The van der Waals surface area contributed by atoms with E-state index in [1.54, 1.807) is 0 Å². The first-order valence-corrected chi connectivity index (χ1v) is 11.8. The third-order valence-electron chi connectivity index (χ3n) is 6.21. The number of nitrogens with zero attached hydrogens (tertiary/aromatic N) is 4. The van der Waals surface area contributed by atoms with E-state index >= 15 is 0 Å². The number of carbonyl (C=O) groups is 1. The number of amides is 2. The van der Waals surface area contributed by atoms with Gasteiger partial charge in [0, 0.05) is 48.7 Å². The molecule has 0 aliphatic carbocycles. The van der Waals surface area contributed by atoms with E-state index in [1.807, 2.05) is 47.4 Å². The number of carbonyl (C=O) groups excluding carboxylic acids is 1. The van der Waals surface area contributed by atoms with Crippen LogP contribution in [0.4, 0.5) is 16.3 Å². The molecule has 0 atom stereocenters. The van der Waals surface area contributed by atoms with E-state index in [9.17, 15) is 4.79 Å². The molecule has 0 saturated carbocycles. The van der Waals surface area contributed by atoms with Crippen LogP contribution in [-0.2, 0) is 6.42 Å². The second-order valence-electron chi connectivity index (χ2n) is 8.85. The Morgan fingerprint density at radius 1 is 0.970 bits per heavy atom. The van der Waals surface area contributed by atoms with Gasteiger partial charge in [0.25, 0.3) is 0 Å². The molecular formula is C27H33N5O. The van der Waals surface area contributed by atoms with E-state index in [2.05, 4.69) is 50.0 Å². The molecule has 2 heterocycles. The average molecular weight is 444 g/mol. The van der Waals surface area contributed by atoms with E-state index in [0.29, 0.717) is 19.0 Å². The van der Waals surface area contributed by atoms with Gasteiger partial charge in [-0.05, 0) is 37.0 Å². The van der Waals surface area contributed by atoms with Crippen molar-refractivity contribution in [3.63, 3.8) is 0 Å². The summed E-state index contributed by atoms with van der Waals surface area (Å²) >= 11 is 0. The number of hydrogen-bond donors (Lipinski definition) is 1. The molecule has 0 radical (unpaired) electrons. The number of nitrogens with one attached hydrogen (secondary N) is 1. The Morgan fingerprint density at radius 3 is 2.24 bits per heavy atom. The van der Waals surface area contributed by atoms with Crippen molar-refractivity contribution in [1.29, 1.82) is 0 Å². The smallest absolute Gasteiger partial charge is 0.321 e. The lowest BCUT2D eigenvalue weighted by Crippen LogP contribution is -2.50. The van der Waals surface area contributed by atoms with Crippen molar-refractivity contribution in [1.82, 2.24) is 14.9 Å². The summed E-state index contributed by atoms with van der Waals surface area (Å²) in [5.41, 5.74) is 5.32. The Bertz CT molecular complexity index is 1090. The first kappa shape index (κ1) is 22.8. The first-order valence-electron chi connectivity index (χ1n) is 11.8. The van der Waals surface area contributed by atoms with Crippen LogP contribution in [0.25, 0.3) is 11.4 Å². The highest BCUT2D eigenvalue weighted by molar-refractivity contribution is 5.89. The zero-order chi connectivity index (χ0) is 23.4. The second kappa shape index (κ2) is 10.0. The van der Waals surface area contributed by atoms with Gasteiger partial charge in [0.05, 0.1) is 0 Å². The highest BCUT2D eigenvalue weighted by Gasteiger charge is 2.26. The second-order valence-corrected chi connectivity index (χ2v) is 8.85. The van der Waals surface area contributed by atoms with Crippen LogP contribution in [0.3, 0.4) is 0 Å². The monoisotopic (exact) mass is 443 g/mol. The third kappa shape index (κ3) is 5.16. The summed E-state index contributed by atoms with van der Waals surface area (Å²) in [5.74, 6) is 2.06. The lowest BCUT2D eigenvalue weighted by Gasteiger charge is -2.37. The molecule has 4 rings (SSSR count). The van der Waals surface area contributed by atoms with Gasteiger partial charge >= 0.3 is 6.03 Å². The quantitative estimate of drug-likeness (QED) is 0.566. The molecule has 33 heavy (non-hydrogen) atoms. The maximum Gasteiger partial charge on any atom is 0.321 e. The van der Waals surface area contributed by atoms with Crippen LogP contribution >= 0.6 is 0 Å². The Balaban J connectivity index is 1.49. The fourth-order valence-electron chi connectivity index (χ4n) is 4.35. The minimum atomic E-state index is -0.0492. The van der Waals surface area contributed by atoms with Crippen molar-refractivity contribution in [3.8, 4) is 11.4 Å². The molecule has 6 nitrogen and oxygen atoms in total. The van der Waals surface area contributed by atoms with Crippen molar-refractivity contribution < 1.29 is 4.79 Å². The number of hydrogen-bond acceptors (Lipinski definition) is 4. The minimum Gasteiger partial charge on any atom is -0.353 e. The largest absolute Gasteiger partial charge is 0.353 e. The van der Waals surface area contributed by atoms with Gasteiger partial charge in [0.2, 0.25) is 0 Å². The van der Waals surface area contributed by atoms with Gasteiger partial charge < -0.3 is 15.1 Å². The lowest BCUT2D eigenvalue weighted by molar-refractivity contribution is 0.208. The molecule has 1 aliphatic rings. The van der Waals surface area contributed by atoms with Gasteiger partial charge in [-0.2, -0.15) is 0 Å². The summed E-state index contributed by atoms with van der Waals surface area (Å²) in [4.78, 5) is 26.8. The Morgan fingerprint density at radius 2 is 1.64 bits per heavy atom. The summed E-state index contributed by atoms with van der Waals surface area (Å²) in [6, 6.07) is 18.1. The van der Waals surface area contributed by atoms with Crippen molar-refractivity contribution in [2.45, 2.75) is 40.0 Å². The fourth-order valence-corrected chi connectivity index (χ4v) is 4.35. The number of urea groups is 1. The van der Waals surface area contributed by atoms with Crippen LogP contribution in [0.15, 0.2) is 54.6 Å². The molecule has 1 aliphatic heterocycles. The van der Waals surface area contributed by atoms with E-state index in [1.165, 1.54) is 11.1 Å². The third-order valence-corrected chi connectivity index (χ3v) is 6.21. The summed E-state index contributed by atoms with van der Waals surface area (Å²) in [5, 5.41) is 3.03. The van der Waals surface area contributed by atoms with E-state index in [-0.39, 0.29) is 6.03 Å². The van der Waals surface area contributed by atoms with Crippen LogP contribution in [0.1, 0.15) is 43.5 Å². The number of piperazine rings is 1. The van der Waals surface area contributed by atoms with Gasteiger partial charge in [-0.1, -0.05) is 63.2 Å². The predicted octanol–water partition coefficient (Wildman–Crippen LogP) is 5.49. The summed E-state index contributed by atoms with van der Waals surface area (Å²) in [7, 11) is 0. The minimum absolute atomic E-state index is 0.0492. The zero-order valence-electron chi connectivity index (χ0n) is 20.0. The maximum atomic E-state index is 12.8. The molecule has 3 aromatic rings. The average Bonchev–Trinajstić information content (AvgIpc) is 2.84. The standard InChI is InChI=1S/C27H33N5O/c1-5-21-11-13-23(14-12-21)29-27(33)32-17-15-31(16-18-32)26-24(19(2)3)20(4)28-25(30-26)22-9-7-6-8-10-22/h6-14,19H,5,15-18H2,1-4H3,(H,29,33). The number of aromatic nitrogens is 2. The highest BCUT2D eigenvalue weighted by atomic mass is 16.2. The molecular weight excluding hydrogens is 410 g/mol. The maximum absolute atomic E-state index is 12.8. The van der Waals surface area contributed by atoms with Crippen LogP contribution in [0.2, 0.25) is 0 Å². The van der Waals surface area contributed by atoms with Gasteiger partial charge in [-0.3, -0.25) is 0 Å². The van der Waals surface area contributed by atoms with Gasteiger partial charge in [-0.15, -0.1) is 0 Å². The van der Waals surface area contributed by atoms with Crippen LogP contribution in [0, 0.1) is 6.92 Å². The Kier molecular flexibility index (Phi) is 6.92. The Hall–Kier alpha value is -3.41. The van der Waals surface area contributed by atoms with Crippen molar-refractivity contribution in [2.75, 3.05) is 36.4 Å². The summed E-state index contributed by atoms with van der Waals surface area (Å²) < 4.78 is 0. The molecule has 6 heteroatoms. The molecule has 0 spiro atoms. The number of aryl methyl sites for hydroxylation is 2. The molecule has 2 amide bonds. The molecule has 0 unspecified atom stereocenters. The number of benzene rings is 2.